The molecule has 1 fully saturated rings. The number of hydrogen-bond donors (Lipinski definition) is 1. The number of amides is 3. The first-order chi connectivity index (χ1) is 14.1. The summed E-state index contributed by atoms with van der Waals surface area (Å²) in [6.45, 7) is 0.263. The minimum Gasteiger partial charge on any atom is -0.349 e. The summed E-state index contributed by atoms with van der Waals surface area (Å²) in [5.41, 5.74) is 2.05. The van der Waals surface area contributed by atoms with Gasteiger partial charge in [-0.05, 0) is 42.9 Å². The number of carbonyl (C=O) groups is 3. The molecule has 1 atom stereocenters. The number of nitrogens with zero attached hydrogens (tertiary/aromatic N) is 1. The van der Waals surface area contributed by atoms with Crippen LogP contribution in [0.4, 0.5) is 0 Å². The van der Waals surface area contributed by atoms with Gasteiger partial charge in [-0.15, -0.1) is 0 Å². The molecule has 0 spiro atoms. The van der Waals surface area contributed by atoms with Crippen LogP contribution in [0.15, 0.2) is 54.6 Å². The zero-order chi connectivity index (χ0) is 20.2. The van der Waals surface area contributed by atoms with E-state index in [-0.39, 0.29) is 30.3 Å². The lowest BCUT2D eigenvalue weighted by atomic mass is 9.91. The fraction of sp³-hybridized carbons (Fsp3) is 0.375. The molecule has 1 aliphatic heterocycles. The fourth-order valence-electron chi connectivity index (χ4n) is 4.51. The molecule has 2 aromatic rings. The number of imide groups is 1. The van der Waals surface area contributed by atoms with Crippen LogP contribution in [-0.2, 0) is 4.79 Å². The minimum atomic E-state index is -0.265. The first-order valence-electron chi connectivity index (χ1n) is 10.4. The van der Waals surface area contributed by atoms with E-state index in [1.807, 2.05) is 18.2 Å². The Morgan fingerprint density at radius 3 is 2.14 bits per heavy atom. The van der Waals surface area contributed by atoms with Gasteiger partial charge in [-0.25, -0.2) is 0 Å². The highest BCUT2D eigenvalue weighted by Gasteiger charge is 2.34. The Labute approximate surface area is 171 Å². The van der Waals surface area contributed by atoms with E-state index in [4.69, 9.17) is 0 Å². The first kappa shape index (κ1) is 19.4. The van der Waals surface area contributed by atoms with Crippen molar-refractivity contribution in [2.45, 2.75) is 44.6 Å². The Balaban J connectivity index is 1.34. The van der Waals surface area contributed by atoms with E-state index in [2.05, 4.69) is 17.4 Å². The average molecular weight is 390 g/mol. The lowest BCUT2D eigenvalue weighted by molar-refractivity contribution is -0.122. The summed E-state index contributed by atoms with van der Waals surface area (Å²) in [6, 6.07) is 17.0. The molecule has 2 aromatic carbocycles. The summed E-state index contributed by atoms with van der Waals surface area (Å²) in [6.07, 6.45) is 5.45. The van der Waals surface area contributed by atoms with Crippen molar-refractivity contribution in [3.05, 3.63) is 71.3 Å². The Bertz CT molecular complexity index is 868. The lowest BCUT2D eigenvalue weighted by Crippen LogP contribution is -2.34. The number of nitrogens with one attached hydrogen (secondary N) is 1. The number of fused-ring (bicyclic) bond motifs is 1. The Morgan fingerprint density at radius 2 is 1.52 bits per heavy atom. The number of hydrogen-bond acceptors (Lipinski definition) is 3. The van der Waals surface area contributed by atoms with Crippen molar-refractivity contribution in [2.24, 2.45) is 5.92 Å². The van der Waals surface area contributed by atoms with Crippen LogP contribution in [-0.4, -0.2) is 29.2 Å². The second kappa shape index (κ2) is 8.60. The molecule has 3 amide bonds. The summed E-state index contributed by atoms with van der Waals surface area (Å²) in [5, 5.41) is 3.21. The normalized spacial score (nSPS) is 17.4. The van der Waals surface area contributed by atoms with Crippen LogP contribution in [0.1, 0.15) is 70.8 Å². The van der Waals surface area contributed by atoms with Gasteiger partial charge in [0.2, 0.25) is 5.91 Å². The monoisotopic (exact) mass is 390 g/mol. The minimum absolute atomic E-state index is 0.0256. The molecule has 29 heavy (non-hydrogen) atoms. The van der Waals surface area contributed by atoms with Gasteiger partial charge in [0.05, 0.1) is 17.2 Å². The summed E-state index contributed by atoms with van der Waals surface area (Å²) in [4.78, 5) is 38.7. The van der Waals surface area contributed by atoms with Gasteiger partial charge in [-0.3, -0.25) is 19.3 Å². The van der Waals surface area contributed by atoms with E-state index in [0.717, 1.165) is 18.4 Å². The van der Waals surface area contributed by atoms with Crippen molar-refractivity contribution in [1.29, 1.82) is 0 Å². The SMILES string of the molecule is O=C(CCCN1C(=O)c2ccccc2C1=O)NC(c1ccccc1)C1CCCC1. The molecule has 5 heteroatoms. The summed E-state index contributed by atoms with van der Waals surface area (Å²) in [5.74, 6) is -0.0850. The predicted molar refractivity (Wildman–Crippen MR) is 110 cm³/mol. The Hall–Kier alpha value is -2.95. The smallest absolute Gasteiger partial charge is 0.261 e. The van der Waals surface area contributed by atoms with Crippen LogP contribution in [0.25, 0.3) is 0 Å². The average Bonchev–Trinajstić information content (AvgIpc) is 3.36. The molecule has 1 unspecified atom stereocenters. The topological polar surface area (TPSA) is 66.5 Å². The van der Waals surface area contributed by atoms with Crippen LogP contribution < -0.4 is 5.32 Å². The molecular formula is C24H26N2O3. The number of carbonyl (C=O) groups excluding carboxylic acids is 3. The molecule has 0 saturated heterocycles. The van der Waals surface area contributed by atoms with Gasteiger partial charge in [0.1, 0.15) is 0 Å². The zero-order valence-corrected chi connectivity index (χ0v) is 16.5. The summed E-state index contributed by atoms with van der Waals surface area (Å²) in [7, 11) is 0. The largest absolute Gasteiger partial charge is 0.349 e. The Kier molecular flexibility index (Phi) is 5.74. The van der Waals surface area contributed by atoms with Crippen LogP contribution in [0.3, 0.4) is 0 Å². The maximum atomic E-state index is 12.6. The summed E-state index contributed by atoms with van der Waals surface area (Å²) >= 11 is 0. The van der Waals surface area contributed by atoms with Crippen molar-refractivity contribution in [1.82, 2.24) is 10.2 Å². The van der Waals surface area contributed by atoms with Crippen LogP contribution >= 0.6 is 0 Å². The van der Waals surface area contributed by atoms with Crippen molar-refractivity contribution >= 4 is 17.7 Å². The second-order valence-corrected chi connectivity index (χ2v) is 7.91. The van der Waals surface area contributed by atoms with Gasteiger partial charge in [0, 0.05) is 13.0 Å². The molecule has 1 aliphatic carbocycles. The third-order valence-electron chi connectivity index (χ3n) is 6.01. The molecule has 150 valence electrons. The molecular weight excluding hydrogens is 364 g/mol. The predicted octanol–water partition coefficient (Wildman–Crippen LogP) is 4.11. The van der Waals surface area contributed by atoms with Gasteiger partial charge < -0.3 is 5.32 Å². The van der Waals surface area contributed by atoms with Gasteiger partial charge >= 0.3 is 0 Å². The fourth-order valence-corrected chi connectivity index (χ4v) is 4.51. The van der Waals surface area contributed by atoms with Crippen molar-refractivity contribution in [3.8, 4) is 0 Å². The maximum Gasteiger partial charge on any atom is 0.261 e. The third kappa shape index (κ3) is 4.09. The highest BCUT2D eigenvalue weighted by molar-refractivity contribution is 6.21. The molecule has 1 heterocycles. The molecule has 0 radical (unpaired) electrons. The van der Waals surface area contributed by atoms with E-state index < -0.39 is 0 Å². The van der Waals surface area contributed by atoms with E-state index in [9.17, 15) is 14.4 Å². The second-order valence-electron chi connectivity index (χ2n) is 7.91. The molecule has 0 bridgehead atoms. The van der Waals surface area contributed by atoms with Crippen molar-refractivity contribution < 1.29 is 14.4 Å². The maximum absolute atomic E-state index is 12.6. The molecule has 1 saturated carbocycles. The van der Waals surface area contributed by atoms with E-state index in [1.165, 1.54) is 17.7 Å². The number of benzene rings is 2. The standard InChI is InChI=1S/C24H26N2O3/c27-21(25-22(18-11-4-5-12-18)17-9-2-1-3-10-17)15-8-16-26-23(28)19-13-6-7-14-20(19)24(26)29/h1-3,6-7,9-10,13-14,18,22H,4-5,8,11-12,15-16H2,(H,25,27). The molecule has 0 aromatic heterocycles. The van der Waals surface area contributed by atoms with Crippen molar-refractivity contribution in [2.75, 3.05) is 6.54 Å². The first-order valence-corrected chi connectivity index (χ1v) is 10.4. The van der Waals surface area contributed by atoms with Gasteiger partial charge in [-0.2, -0.15) is 0 Å². The zero-order valence-electron chi connectivity index (χ0n) is 16.5. The van der Waals surface area contributed by atoms with Crippen LogP contribution in [0.5, 0.6) is 0 Å². The molecule has 2 aliphatic rings. The molecule has 5 nitrogen and oxygen atoms in total. The van der Waals surface area contributed by atoms with Crippen LogP contribution in [0, 0.1) is 5.92 Å². The summed E-state index contributed by atoms with van der Waals surface area (Å²) < 4.78 is 0. The van der Waals surface area contributed by atoms with Gasteiger partial charge in [0.25, 0.3) is 11.8 Å². The van der Waals surface area contributed by atoms with E-state index in [0.29, 0.717) is 29.9 Å². The highest BCUT2D eigenvalue weighted by atomic mass is 16.2. The van der Waals surface area contributed by atoms with Gasteiger partial charge in [0.15, 0.2) is 0 Å². The molecule has 1 N–H and O–H groups in total. The Morgan fingerprint density at radius 1 is 0.931 bits per heavy atom. The van der Waals surface area contributed by atoms with Crippen LogP contribution in [0.2, 0.25) is 0 Å². The van der Waals surface area contributed by atoms with E-state index in [1.54, 1.807) is 24.3 Å². The third-order valence-corrected chi connectivity index (χ3v) is 6.01. The lowest BCUT2D eigenvalue weighted by Gasteiger charge is -2.25. The quantitative estimate of drug-likeness (QED) is 0.724. The van der Waals surface area contributed by atoms with E-state index >= 15 is 0 Å². The number of rotatable bonds is 7. The van der Waals surface area contributed by atoms with Gasteiger partial charge in [-0.1, -0.05) is 55.3 Å². The van der Waals surface area contributed by atoms with Crippen molar-refractivity contribution in [3.63, 3.8) is 0 Å². The highest BCUT2D eigenvalue weighted by Crippen LogP contribution is 2.35. The molecule has 4 rings (SSSR count).